The third-order valence-electron chi connectivity index (χ3n) is 3.60. The number of halogens is 2. The first kappa shape index (κ1) is 18.3. The molecule has 1 aromatic carbocycles. The van der Waals surface area contributed by atoms with Crippen molar-refractivity contribution in [3.05, 3.63) is 33.8 Å². The van der Waals surface area contributed by atoms with Gasteiger partial charge in [-0.3, -0.25) is 0 Å². The number of hydrogen-bond acceptors (Lipinski definition) is 4. The molecule has 1 fully saturated rings. The van der Waals surface area contributed by atoms with E-state index >= 15 is 0 Å². The lowest BCUT2D eigenvalue weighted by atomic mass is 9.97. The molecule has 1 aliphatic heterocycles. The van der Waals surface area contributed by atoms with E-state index in [1.54, 1.807) is 18.2 Å². The van der Waals surface area contributed by atoms with Gasteiger partial charge in [-0.15, -0.1) is 0 Å². The van der Waals surface area contributed by atoms with E-state index in [-0.39, 0.29) is 25.4 Å². The molecule has 1 saturated heterocycles. The molecule has 23 heavy (non-hydrogen) atoms. The highest BCUT2D eigenvalue weighted by molar-refractivity contribution is 7.90. The van der Waals surface area contributed by atoms with E-state index in [2.05, 4.69) is 0 Å². The van der Waals surface area contributed by atoms with Crippen LogP contribution in [0.5, 0.6) is 0 Å². The third kappa shape index (κ3) is 4.97. The lowest BCUT2D eigenvalue weighted by Crippen LogP contribution is -2.37. The summed E-state index contributed by atoms with van der Waals surface area (Å²) in [5.41, 5.74) is 0.681. The number of nitrogens with zero attached hydrogens (tertiary/aromatic N) is 1. The number of sulfone groups is 1. The highest BCUT2D eigenvalue weighted by Crippen LogP contribution is 2.33. The van der Waals surface area contributed by atoms with Crippen molar-refractivity contribution in [1.82, 2.24) is 4.90 Å². The number of benzene rings is 1. The summed E-state index contributed by atoms with van der Waals surface area (Å²) in [6, 6.07) is 4.95. The number of hydrogen-bond donors (Lipinski definition) is 1. The molecule has 9 heteroatoms. The van der Waals surface area contributed by atoms with Crippen LogP contribution in [-0.2, 0) is 14.6 Å². The Morgan fingerprint density at radius 2 is 2.09 bits per heavy atom. The molecule has 1 aromatic rings. The summed E-state index contributed by atoms with van der Waals surface area (Å²) in [4.78, 5) is 12.4. The van der Waals surface area contributed by atoms with Crippen molar-refractivity contribution in [2.24, 2.45) is 5.92 Å². The van der Waals surface area contributed by atoms with Gasteiger partial charge in [-0.2, -0.15) is 0 Å². The smallest absolute Gasteiger partial charge is 0.407 e. The van der Waals surface area contributed by atoms with Gasteiger partial charge in [0.05, 0.1) is 28.5 Å². The first-order chi connectivity index (χ1) is 10.7. The summed E-state index contributed by atoms with van der Waals surface area (Å²) in [7, 11) is -3.31. The molecule has 0 radical (unpaired) electrons. The van der Waals surface area contributed by atoms with E-state index in [1.807, 2.05) is 0 Å². The fourth-order valence-corrected chi connectivity index (χ4v) is 4.02. The molecule has 0 aliphatic carbocycles. The Kier molecular flexibility index (Phi) is 5.78. The molecule has 0 spiro atoms. The van der Waals surface area contributed by atoms with Crippen LogP contribution in [0.4, 0.5) is 4.79 Å². The Hall–Kier alpha value is -1.02. The molecule has 2 unspecified atom stereocenters. The SMILES string of the molecule is CS(=O)(=O)CC1CN(C(=O)O)CCOC1c1ccc(Cl)c(Cl)c1. The van der Waals surface area contributed by atoms with Crippen molar-refractivity contribution in [1.29, 1.82) is 0 Å². The van der Waals surface area contributed by atoms with E-state index in [4.69, 9.17) is 27.9 Å². The van der Waals surface area contributed by atoms with Gasteiger partial charge in [-0.05, 0) is 17.7 Å². The van der Waals surface area contributed by atoms with E-state index in [0.29, 0.717) is 15.6 Å². The Balaban J connectivity index is 2.36. The Bertz CT molecular complexity index is 694. The highest BCUT2D eigenvalue weighted by Gasteiger charge is 2.33. The van der Waals surface area contributed by atoms with Gasteiger partial charge in [0.1, 0.15) is 9.84 Å². The van der Waals surface area contributed by atoms with E-state index in [1.165, 1.54) is 4.90 Å². The van der Waals surface area contributed by atoms with E-state index < -0.39 is 28.0 Å². The molecular formula is C14H17Cl2NO5S. The number of carbonyl (C=O) groups is 1. The van der Waals surface area contributed by atoms with Crippen LogP contribution in [0, 0.1) is 5.92 Å². The van der Waals surface area contributed by atoms with Crippen LogP contribution in [0.15, 0.2) is 18.2 Å². The number of carboxylic acid groups (broad SMARTS) is 1. The molecule has 1 amide bonds. The zero-order valence-electron chi connectivity index (χ0n) is 12.4. The van der Waals surface area contributed by atoms with Crippen molar-refractivity contribution >= 4 is 39.1 Å². The largest absolute Gasteiger partial charge is 0.465 e. The second-order valence-corrected chi connectivity index (χ2v) is 8.55. The van der Waals surface area contributed by atoms with E-state index in [0.717, 1.165) is 6.26 Å². The van der Waals surface area contributed by atoms with Crippen molar-refractivity contribution in [2.75, 3.05) is 31.7 Å². The summed E-state index contributed by atoms with van der Waals surface area (Å²) in [6.45, 7) is 0.443. The maximum absolute atomic E-state index is 11.7. The molecule has 1 heterocycles. The number of ether oxygens (including phenoxy) is 1. The Morgan fingerprint density at radius 3 is 2.65 bits per heavy atom. The molecular weight excluding hydrogens is 365 g/mol. The zero-order valence-corrected chi connectivity index (χ0v) is 14.7. The molecule has 0 saturated carbocycles. The highest BCUT2D eigenvalue weighted by atomic mass is 35.5. The molecule has 2 rings (SSSR count). The molecule has 0 bridgehead atoms. The normalized spacial score (nSPS) is 22.7. The predicted octanol–water partition coefficient (Wildman–Crippen LogP) is 2.71. The van der Waals surface area contributed by atoms with Crippen LogP contribution in [0.2, 0.25) is 10.0 Å². The second kappa shape index (κ2) is 7.25. The van der Waals surface area contributed by atoms with Crippen molar-refractivity contribution in [3.63, 3.8) is 0 Å². The first-order valence-electron chi connectivity index (χ1n) is 6.89. The van der Waals surface area contributed by atoms with Crippen LogP contribution in [0.1, 0.15) is 11.7 Å². The second-order valence-electron chi connectivity index (χ2n) is 5.55. The van der Waals surface area contributed by atoms with Crippen LogP contribution in [-0.4, -0.2) is 56.2 Å². The van der Waals surface area contributed by atoms with Crippen LogP contribution >= 0.6 is 23.2 Å². The summed E-state index contributed by atoms with van der Waals surface area (Å²) in [6.07, 6.45) is -0.541. The molecule has 1 aliphatic rings. The summed E-state index contributed by atoms with van der Waals surface area (Å²) in [5, 5.41) is 9.92. The molecule has 0 aromatic heterocycles. The van der Waals surface area contributed by atoms with Crippen LogP contribution < -0.4 is 0 Å². The van der Waals surface area contributed by atoms with Gasteiger partial charge in [0.2, 0.25) is 0 Å². The lowest BCUT2D eigenvalue weighted by molar-refractivity contribution is 0.0367. The fraction of sp³-hybridized carbons (Fsp3) is 0.500. The van der Waals surface area contributed by atoms with Gasteiger partial charge in [0, 0.05) is 25.3 Å². The summed E-state index contributed by atoms with van der Waals surface area (Å²) >= 11 is 11.9. The first-order valence-corrected chi connectivity index (χ1v) is 9.71. The van der Waals surface area contributed by atoms with Crippen LogP contribution in [0.25, 0.3) is 0 Å². The summed E-state index contributed by atoms with van der Waals surface area (Å²) < 4.78 is 29.2. The maximum Gasteiger partial charge on any atom is 0.407 e. The van der Waals surface area contributed by atoms with Gasteiger partial charge in [0.25, 0.3) is 0 Å². The predicted molar refractivity (Wildman–Crippen MR) is 88.0 cm³/mol. The average molecular weight is 382 g/mol. The molecule has 2 atom stereocenters. The number of rotatable bonds is 3. The van der Waals surface area contributed by atoms with Gasteiger partial charge < -0.3 is 14.7 Å². The molecule has 1 N–H and O–H groups in total. The van der Waals surface area contributed by atoms with Gasteiger partial charge in [-0.1, -0.05) is 29.3 Å². The van der Waals surface area contributed by atoms with Crippen molar-refractivity contribution < 1.29 is 23.1 Å². The Labute approximate surface area is 144 Å². The quantitative estimate of drug-likeness (QED) is 0.869. The minimum absolute atomic E-state index is 0.0767. The monoisotopic (exact) mass is 381 g/mol. The minimum atomic E-state index is -3.31. The number of amides is 1. The van der Waals surface area contributed by atoms with Crippen LogP contribution in [0.3, 0.4) is 0 Å². The minimum Gasteiger partial charge on any atom is -0.465 e. The zero-order chi connectivity index (χ0) is 17.2. The topological polar surface area (TPSA) is 83.9 Å². The van der Waals surface area contributed by atoms with Crippen molar-refractivity contribution in [3.8, 4) is 0 Å². The van der Waals surface area contributed by atoms with Gasteiger partial charge >= 0.3 is 6.09 Å². The lowest BCUT2D eigenvalue weighted by Gasteiger charge is -2.26. The Morgan fingerprint density at radius 1 is 1.39 bits per heavy atom. The average Bonchev–Trinajstić information content (AvgIpc) is 2.63. The van der Waals surface area contributed by atoms with Crippen molar-refractivity contribution in [2.45, 2.75) is 6.10 Å². The molecule has 6 nitrogen and oxygen atoms in total. The summed E-state index contributed by atoms with van der Waals surface area (Å²) in [5.74, 6) is -0.706. The van der Waals surface area contributed by atoms with E-state index in [9.17, 15) is 18.3 Å². The maximum atomic E-state index is 11.7. The van der Waals surface area contributed by atoms with Gasteiger partial charge in [0.15, 0.2) is 0 Å². The third-order valence-corrected chi connectivity index (χ3v) is 5.37. The standard InChI is InChI=1S/C14H17Cl2NO5S/c1-23(20,21)8-10-7-17(14(18)19)4-5-22-13(10)9-2-3-11(15)12(16)6-9/h2-3,6,10,13H,4-5,7-8H2,1H3,(H,18,19). The fourth-order valence-electron chi connectivity index (χ4n) is 2.66. The van der Waals surface area contributed by atoms with Gasteiger partial charge in [-0.25, -0.2) is 13.2 Å². The molecule has 128 valence electrons.